The van der Waals surface area contributed by atoms with Crippen molar-refractivity contribution in [2.45, 2.75) is 89.4 Å². The summed E-state index contributed by atoms with van der Waals surface area (Å²) in [6, 6.07) is 0. The number of Topliss-reactive ketones (excluding diaryl/α,β-unsaturated/α-hetero) is 1. The molecule has 6 nitrogen and oxygen atoms in total. The van der Waals surface area contributed by atoms with Gasteiger partial charge in [0.05, 0.1) is 26.4 Å². The Hall–Kier alpha value is -0.810. The number of carbonyl (C=O) groups is 2. The minimum Gasteiger partial charge on any atom is -0.466 e. The number of ether oxygens (including phenoxy) is 3. The van der Waals surface area contributed by atoms with Crippen molar-refractivity contribution in [3.8, 4) is 0 Å². The van der Waals surface area contributed by atoms with Crippen LogP contribution in [0.4, 0.5) is 0 Å². The molecule has 30 heavy (non-hydrogen) atoms. The van der Waals surface area contributed by atoms with Crippen molar-refractivity contribution >= 4 is 21.2 Å². The lowest BCUT2D eigenvalue weighted by Crippen LogP contribution is -2.33. The minimum atomic E-state index is -0.477. The maximum Gasteiger partial charge on any atom is 0.330 e. The van der Waals surface area contributed by atoms with Crippen molar-refractivity contribution in [2.75, 3.05) is 20.3 Å². The predicted molar refractivity (Wildman–Crippen MR) is 119 cm³/mol. The Kier molecular flexibility index (Phi) is 11.5. The van der Waals surface area contributed by atoms with Gasteiger partial charge in [0.25, 0.3) is 0 Å². The number of rotatable bonds is 14. The van der Waals surface area contributed by atoms with Crippen LogP contribution in [0.3, 0.4) is 0 Å². The summed E-state index contributed by atoms with van der Waals surface area (Å²) in [5.41, 5.74) is 0. The summed E-state index contributed by atoms with van der Waals surface area (Å²) in [4.78, 5) is 23.8. The van der Waals surface area contributed by atoms with Gasteiger partial charge in [-0.3, -0.25) is 4.79 Å². The number of unbranched alkanes of at least 4 members (excludes halogenated alkanes) is 4. The van der Waals surface area contributed by atoms with E-state index in [1.807, 2.05) is 6.08 Å². The van der Waals surface area contributed by atoms with Gasteiger partial charge >= 0.3 is 5.97 Å². The highest BCUT2D eigenvalue weighted by molar-refractivity contribution is 7.09. The number of esters is 1. The SMILES string of the molecule is CCCCCC1(CCC2C(OP)CC(=O)C2CCCC/C=C/C(=O)OC)OCCO1. The van der Waals surface area contributed by atoms with Gasteiger partial charge in [-0.15, -0.1) is 0 Å². The molecule has 172 valence electrons. The molecular weight excluding hydrogens is 403 g/mol. The molecule has 4 atom stereocenters. The molecule has 0 aromatic rings. The van der Waals surface area contributed by atoms with E-state index < -0.39 is 5.79 Å². The van der Waals surface area contributed by atoms with E-state index in [2.05, 4.69) is 21.1 Å². The minimum absolute atomic E-state index is 0.0363. The first-order valence-electron chi connectivity index (χ1n) is 11.5. The Morgan fingerprint density at radius 3 is 2.60 bits per heavy atom. The van der Waals surface area contributed by atoms with Crippen molar-refractivity contribution in [3.05, 3.63) is 12.2 Å². The lowest BCUT2D eigenvalue weighted by Gasteiger charge is -2.31. The van der Waals surface area contributed by atoms with Crippen LogP contribution in [0, 0.1) is 11.8 Å². The van der Waals surface area contributed by atoms with Gasteiger partial charge in [0.2, 0.25) is 0 Å². The van der Waals surface area contributed by atoms with Crippen LogP contribution in [0.2, 0.25) is 0 Å². The third kappa shape index (κ3) is 7.71. The summed E-state index contributed by atoms with van der Waals surface area (Å²) in [7, 11) is 3.72. The van der Waals surface area contributed by atoms with Crippen LogP contribution in [0.1, 0.15) is 77.6 Å². The van der Waals surface area contributed by atoms with Gasteiger partial charge in [-0.05, 0) is 38.0 Å². The van der Waals surface area contributed by atoms with Gasteiger partial charge in [-0.1, -0.05) is 32.3 Å². The number of methoxy groups -OCH3 is 1. The van der Waals surface area contributed by atoms with Crippen molar-refractivity contribution in [1.29, 1.82) is 0 Å². The fraction of sp³-hybridized carbons (Fsp3) is 0.826. The molecule has 2 aliphatic rings. The van der Waals surface area contributed by atoms with Crippen molar-refractivity contribution in [3.63, 3.8) is 0 Å². The molecule has 0 N–H and O–H groups in total. The molecule has 0 aromatic heterocycles. The second kappa shape index (κ2) is 13.6. The maximum absolute atomic E-state index is 12.7. The molecule has 1 heterocycles. The predicted octanol–water partition coefficient (Wildman–Crippen LogP) is 4.76. The molecule has 4 unspecified atom stereocenters. The summed E-state index contributed by atoms with van der Waals surface area (Å²) >= 11 is 0. The molecular formula is C23H39O6P. The summed E-state index contributed by atoms with van der Waals surface area (Å²) in [6.07, 6.45) is 13.4. The molecule has 0 spiro atoms. The van der Waals surface area contributed by atoms with Crippen LogP contribution < -0.4 is 0 Å². The Labute approximate surface area is 183 Å². The first kappa shape index (κ1) is 25.5. The molecule has 1 aliphatic heterocycles. The molecule has 1 aliphatic carbocycles. The van der Waals surface area contributed by atoms with E-state index in [0.29, 0.717) is 25.4 Å². The van der Waals surface area contributed by atoms with E-state index in [-0.39, 0.29) is 23.9 Å². The van der Waals surface area contributed by atoms with Crippen LogP contribution in [0.5, 0.6) is 0 Å². The van der Waals surface area contributed by atoms with E-state index in [4.69, 9.17) is 14.0 Å². The Morgan fingerprint density at radius 2 is 1.93 bits per heavy atom. The zero-order chi connectivity index (χ0) is 21.8. The number of ketones is 1. The first-order valence-corrected chi connectivity index (χ1v) is 11.9. The van der Waals surface area contributed by atoms with E-state index >= 15 is 0 Å². The number of carbonyl (C=O) groups excluding carboxylic acids is 2. The molecule has 0 aromatic carbocycles. The first-order chi connectivity index (χ1) is 14.5. The summed E-state index contributed by atoms with van der Waals surface area (Å²) in [6.45, 7) is 3.51. The van der Waals surface area contributed by atoms with Crippen molar-refractivity contribution in [1.82, 2.24) is 0 Å². The molecule has 2 fully saturated rings. The van der Waals surface area contributed by atoms with E-state index in [0.717, 1.165) is 51.4 Å². The molecule has 0 amide bonds. The highest BCUT2D eigenvalue weighted by Gasteiger charge is 2.44. The molecule has 7 heteroatoms. The van der Waals surface area contributed by atoms with E-state index in [1.54, 1.807) is 0 Å². The number of hydrogen-bond acceptors (Lipinski definition) is 6. The smallest absolute Gasteiger partial charge is 0.330 e. The van der Waals surface area contributed by atoms with Gasteiger partial charge in [0.1, 0.15) is 5.78 Å². The lowest BCUT2D eigenvalue weighted by atomic mass is 9.84. The third-order valence-corrected chi connectivity index (χ3v) is 6.76. The Morgan fingerprint density at radius 1 is 1.17 bits per heavy atom. The second-order valence-corrected chi connectivity index (χ2v) is 8.70. The van der Waals surface area contributed by atoms with Crippen molar-refractivity contribution in [2.24, 2.45) is 11.8 Å². The average molecular weight is 443 g/mol. The topological polar surface area (TPSA) is 71.1 Å². The fourth-order valence-corrected chi connectivity index (χ4v) is 5.02. The molecule has 1 saturated carbocycles. The third-order valence-electron chi connectivity index (χ3n) is 6.41. The summed E-state index contributed by atoms with van der Waals surface area (Å²) in [5, 5.41) is 0. The van der Waals surface area contributed by atoms with Gasteiger partial charge in [0.15, 0.2) is 5.79 Å². The van der Waals surface area contributed by atoms with Crippen LogP contribution in [0.25, 0.3) is 0 Å². The highest BCUT2D eigenvalue weighted by Crippen LogP contribution is 2.41. The van der Waals surface area contributed by atoms with Gasteiger partial charge in [-0.2, -0.15) is 0 Å². The monoisotopic (exact) mass is 442 g/mol. The number of allylic oxidation sites excluding steroid dienone is 1. The molecule has 1 saturated heterocycles. The average Bonchev–Trinajstić information content (AvgIpc) is 3.33. The summed E-state index contributed by atoms with van der Waals surface area (Å²) < 4.78 is 22.3. The molecule has 2 rings (SSSR count). The summed E-state index contributed by atoms with van der Waals surface area (Å²) in [5.74, 6) is -0.252. The van der Waals surface area contributed by atoms with E-state index in [1.165, 1.54) is 26.0 Å². The number of hydrogen-bond donors (Lipinski definition) is 0. The standard InChI is InChI=1S/C23H39O6P/c1-3-4-9-13-23(27-15-16-28-23)14-12-19-18(20(24)17-21(19)29-30)10-7-5-6-8-11-22(25)26-2/h8,11,18-19,21H,3-7,9-10,12-17,30H2,1-2H3/b11-8+. The van der Waals surface area contributed by atoms with E-state index in [9.17, 15) is 9.59 Å². The zero-order valence-electron chi connectivity index (χ0n) is 18.6. The molecule has 0 radical (unpaired) electrons. The van der Waals surface area contributed by atoms with Gasteiger partial charge < -0.3 is 18.7 Å². The normalized spacial score (nSPS) is 26.0. The highest BCUT2D eigenvalue weighted by atomic mass is 31.0. The maximum atomic E-state index is 12.7. The Bertz CT molecular complexity index is 558. The van der Waals surface area contributed by atoms with Crippen LogP contribution in [-0.4, -0.2) is 44.0 Å². The Balaban J connectivity index is 1.86. The van der Waals surface area contributed by atoms with Crippen LogP contribution in [0.15, 0.2) is 12.2 Å². The zero-order valence-corrected chi connectivity index (χ0v) is 19.8. The largest absolute Gasteiger partial charge is 0.466 e. The van der Waals surface area contributed by atoms with Gasteiger partial charge in [-0.25, -0.2) is 4.79 Å². The van der Waals surface area contributed by atoms with Gasteiger partial charge in [0, 0.05) is 40.7 Å². The van der Waals surface area contributed by atoms with Crippen LogP contribution in [-0.2, 0) is 28.3 Å². The second-order valence-electron chi connectivity index (χ2n) is 8.43. The quantitative estimate of drug-likeness (QED) is 0.167. The molecule has 0 bridgehead atoms. The van der Waals surface area contributed by atoms with Crippen LogP contribution >= 0.6 is 9.47 Å². The van der Waals surface area contributed by atoms with Crippen molar-refractivity contribution < 1.29 is 28.3 Å². The fourth-order valence-electron chi connectivity index (χ4n) is 4.73. The lowest BCUT2D eigenvalue weighted by molar-refractivity contribution is -0.171.